The number of ether oxygens (including phenoxy) is 1. The number of carbonyl (C=O) groups excluding carboxylic acids is 3. The molecule has 2 heterocycles. The van der Waals surface area contributed by atoms with E-state index >= 15 is 0 Å². The highest BCUT2D eigenvalue weighted by molar-refractivity contribution is 6.18. The average molecular weight is 573 g/mol. The van der Waals surface area contributed by atoms with Crippen LogP contribution in [0.25, 0.3) is 11.1 Å². The van der Waals surface area contributed by atoms with Crippen LogP contribution in [0.3, 0.4) is 0 Å². The number of carbonyl (C=O) groups is 3. The van der Waals surface area contributed by atoms with E-state index in [-0.39, 0.29) is 17.9 Å². The number of halogens is 1. The fourth-order valence-corrected chi connectivity index (χ4v) is 5.93. The lowest BCUT2D eigenvalue weighted by Crippen LogP contribution is -2.56. The molecule has 1 spiro atoms. The molecule has 0 aromatic heterocycles. The molecule has 3 aromatic rings. The Kier molecular flexibility index (Phi) is 8.06. The van der Waals surface area contributed by atoms with Crippen molar-refractivity contribution in [3.05, 3.63) is 83.2 Å². The molecule has 2 saturated heterocycles. The van der Waals surface area contributed by atoms with Gasteiger partial charge in [-0.05, 0) is 86.7 Å². The van der Waals surface area contributed by atoms with E-state index in [4.69, 9.17) is 4.74 Å². The molecule has 0 bridgehead atoms. The van der Waals surface area contributed by atoms with Crippen LogP contribution in [0.2, 0.25) is 0 Å². The van der Waals surface area contributed by atoms with Crippen LogP contribution in [0.5, 0.6) is 5.75 Å². The third-order valence-electron chi connectivity index (χ3n) is 8.01. The van der Waals surface area contributed by atoms with Crippen molar-refractivity contribution in [2.75, 3.05) is 32.1 Å². The van der Waals surface area contributed by atoms with Crippen molar-refractivity contribution in [1.29, 1.82) is 0 Å². The van der Waals surface area contributed by atoms with Crippen molar-refractivity contribution in [1.82, 2.24) is 15.1 Å². The summed E-state index contributed by atoms with van der Waals surface area (Å²) < 4.78 is 20.6. The molecule has 0 radical (unpaired) electrons. The fraction of sp³-hybridized carbons (Fsp3) is 0.364. The van der Waals surface area contributed by atoms with Crippen LogP contribution in [0, 0.1) is 12.7 Å². The molecule has 5 rings (SSSR count). The minimum absolute atomic E-state index is 0.0783. The van der Waals surface area contributed by atoms with Gasteiger partial charge in [0.2, 0.25) is 0 Å². The summed E-state index contributed by atoms with van der Waals surface area (Å²) in [7, 11) is 3.39. The SMILES string of the molecule is Cc1cc(-c2ccc(F)cc2N2C(=O)NC(=O)C23CCN(Cc2cccc(OC(C)C)c2)CC3)ccc1C(=O)N(C)C. The third-order valence-corrected chi connectivity index (χ3v) is 8.01. The first kappa shape index (κ1) is 29.3. The van der Waals surface area contributed by atoms with Gasteiger partial charge in [0.25, 0.3) is 11.8 Å². The van der Waals surface area contributed by atoms with Crippen LogP contribution < -0.4 is 15.0 Å². The summed E-state index contributed by atoms with van der Waals surface area (Å²) in [6, 6.07) is 17.1. The van der Waals surface area contributed by atoms with E-state index < -0.39 is 17.4 Å². The number of likely N-dealkylation sites (tertiary alicyclic amines) is 1. The number of benzene rings is 3. The zero-order valence-electron chi connectivity index (χ0n) is 24.7. The van der Waals surface area contributed by atoms with Gasteiger partial charge in [-0.15, -0.1) is 0 Å². The number of nitrogens with one attached hydrogen (secondary N) is 1. The molecular weight excluding hydrogens is 535 g/mol. The Morgan fingerprint density at radius 2 is 1.79 bits per heavy atom. The minimum Gasteiger partial charge on any atom is -0.491 e. The number of anilines is 1. The maximum Gasteiger partial charge on any atom is 0.329 e. The number of imide groups is 1. The van der Waals surface area contributed by atoms with Crippen LogP contribution in [0.15, 0.2) is 60.7 Å². The third kappa shape index (κ3) is 5.61. The zero-order valence-corrected chi connectivity index (χ0v) is 24.7. The summed E-state index contributed by atoms with van der Waals surface area (Å²) in [5, 5.41) is 2.50. The second kappa shape index (κ2) is 11.6. The van der Waals surface area contributed by atoms with Crippen molar-refractivity contribution < 1.29 is 23.5 Å². The molecule has 0 atom stereocenters. The predicted octanol–water partition coefficient (Wildman–Crippen LogP) is 5.38. The Balaban J connectivity index is 1.43. The van der Waals surface area contributed by atoms with Gasteiger partial charge in [-0.3, -0.25) is 24.7 Å². The minimum atomic E-state index is -1.13. The smallest absolute Gasteiger partial charge is 0.329 e. The van der Waals surface area contributed by atoms with Gasteiger partial charge in [0.15, 0.2) is 0 Å². The molecule has 4 amide bonds. The van der Waals surface area contributed by atoms with E-state index in [1.54, 1.807) is 32.3 Å². The molecule has 2 aliphatic heterocycles. The fourth-order valence-electron chi connectivity index (χ4n) is 5.93. The Morgan fingerprint density at radius 3 is 2.45 bits per heavy atom. The molecule has 1 N–H and O–H groups in total. The molecule has 0 saturated carbocycles. The van der Waals surface area contributed by atoms with E-state index in [1.165, 1.54) is 21.9 Å². The van der Waals surface area contributed by atoms with Crippen molar-refractivity contribution in [2.24, 2.45) is 0 Å². The Labute approximate surface area is 246 Å². The number of amides is 4. The number of rotatable bonds is 7. The van der Waals surface area contributed by atoms with Gasteiger partial charge >= 0.3 is 6.03 Å². The molecule has 0 aliphatic carbocycles. The normalized spacial score (nSPS) is 16.7. The highest BCUT2D eigenvalue weighted by Gasteiger charge is 2.55. The van der Waals surface area contributed by atoms with E-state index in [2.05, 4.69) is 10.2 Å². The zero-order chi connectivity index (χ0) is 30.2. The van der Waals surface area contributed by atoms with Gasteiger partial charge in [-0.2, -0.15) is 0 Å². The van der Waals surface area contributed by atoms with Crippen molar-refractivity contribution in [2.45, 2.75) is 51.8 Å². The molecule has 42 heavy (non-hydrogen) atoms. The standard InChI is InChI=1S/C33H37FN4O4/c1-21(2)42-26-8-6-7-23(18-26)20-37-15-13-33(14-16-37)31(40)35-32(41)38(33)29-19-25(34)10-12-28(29)24-9-11-27(22(3)17-24)30(39)36(4)5/h6-12,17-19,21H,13-16,20H2,1-5H3,(H,35,40,41). The van der Waals surface area contributed by atoms with E-state index in [9.17, 15) is 18.8 Å². The molecule has 8 nitrogen and oxygen atoms in total. The number of nitrogens with zero attached hydrogens (tertiary/aromatic N) is 3. The van der Waals surface area contributed by atoms with Gasteiger partial charge < -0.3 is 9.64 Å². The second-order valence-electron chi connectivity index (χ2n) is 11.6. The lowest BCUT2D eigenvalue weighted by Gasteiger charge is -2.42. The maximum atomic E-state index is 14.7. The van der Waals surface area contributed by atoms with Crippen LogP contribution >= 0.6 is 0 Å². The van der Waals surface area contributed by atoms with Crippen molar-refractivity contribution >= 4 is 23.5 Å². The first-order valence-corrected chi connectivity index (χ1v) is 14.2. The molecule has 2 fully saturated rings. The monoisotopic (exact) mass is 572 g/mol. The van der Waals surface area contributed by atoms with E-state index in [1.807, 2.05) is 51.1 Å². The highest BCUT2D eigenvalue weighted by Crippen LogP contribution is 2.42. The van der Waals surface area contributed by atoms with Crippen LogP contribution in [0.1, 0.15) is 48.2 Å². The van der Waals surface area contributed by atoms with Gasteiger partial charge in [0.05, 0.1) is 11.8 Å². The number of piperidine rings is 1. The maximum absolute atomic E-state index is 14.7. The topological polar surface area (TPSA) is 82.2 Å². The highest BCUT2D eigenvalue weighted by atomic mass is 19.1. The lowest BCUT2D eigenvalue weighted by atomic mass is 9.84. The largest absolute Gasteiger partial charge is 0.491 e. The summed E-state index contributed by atoms with van der Waals surface area (Å²) in [5.74, 6) is -0.172. The van der Waals surface area contributed by atoms with Crippen LogP contribution in [-0.2, 0) is 11.3 Å². The van der Waals surface area contributed by atoms with Crippen molar-refractivity contribution in [3.8, 4) is 16.9 Å². The molecule has 3 aromatic carbocycles. The molecule has 220 valence electrons. The van der Waals surface area contributed by atoms with Gasteiger partial charge in [0, 0.05) is 44.9 Å². The van der Waals surface area contributed by atoms with E-state index in [0.717, 1.165) is 22.4 Å². The van der Waals surface area contributed by atoms with E-state index in [0.29, 0.717) is 49.3 Å². The average Bonchev–Trinajstić information content (AvgIpc) is 3.17. The Hall–Kier alpha value is -4.24. The first-order valence-electron chi connectivity index (χ1n) is 14.2. The number of urea groups is 1. The summed E-state index contributed by atoms with van der Waals surface area (Å²) in [6.45, 7) is 7.67. The summed E-state index contributed by atoms with van der Waals surface area (Å²) in [6.07, 6.45) is 0.880. The van der Waals surface area contributed by atoms with Crippen LogP contribution in [0.4, 0.5) is 14.9 Å². The summed E-state index contributed by atoms with van der Waals surface area (Å²) in [5.41, 5.74) is 2.96. The molecule has 0 unspecified atom stereocenters. The Morgan fingerprint density at radius 1 is 1.05 bits per heavy atom. The second-order valence-corrected chi connectivity index (χ2v) is 11.6. The molecular formula is C33H37FN4O4. The van der Waals surface area contributed by atoms with Gasteiger partial charge in [0.1, 0.15) is 17.1 Å². The first-order chi connectivity index (χ1) is 20.0. The summed E-state index contributed by atoms with van der Waals surface area (Å²) >= 11 is 0. The predicted molar refractivity (Wildman–Crippen MR) is 160 cm³/mol. The van der Waals surface area contributed by atoms with Crippen LogP contribution in [-0.4, -0.2) is 66.5 Å². The number of aryl methyl sites for hydroxylation is 1. The molecule has 9 heteroatoms. The summed E-state index contributed by atoms with van der Waals surface area (Å²) in [4.78, 5) is 44.5. The van der Waals surface area contributed by atoms with Gasteiger partial charge in [-0.25, -0.2) is 9.18 Å². The van der Waals surface area contributed by atoms with Gasteiger partial charge in [-0.1, -0.05) is 24.3 Å². The number of hydrogen-bond acceptors (Lipinski definition) is 5. The molecule has 2 aliphatic rings. The quantitative estimate of drug-likeness (QED) is 0.385. The van der Waals surface area contributed by atoms with Crippen molar-refractivity contribution in [3.63, 3.8) is 0 Å². The lowest BCUT2D eigenvalue weighted by molar-refractivity contribution is -0.124. The Bertz CT molecular complexity index is 1530. The number of hydrogen-bond donors (Lipinski definition) is 1.